The van der Waals surface area contributed by atoms with E-state index >= 15 is 0 Å². The van der Waals surface area contributed by atoms with Crippen molar-refractivity contribution in [2.75, 3.05) is 6.61 Å². The Hall–Kier alpha value is -1.08. The van der Waals surface area contributed by atoms with Crippen LogP contribution in [0, 0.1) is 5.92 Å². The molecule has 0 unspecified atom stereocenters. The molecule has 0 aliphatic heterocycles. The van der Waals surface area contributed by atoms with Gasteiger partial charge in [-0.1, -0.05) is 18.5 Å². The third-order valence-electron chi connectivity index (χ3n) is 1.08. The fraction of sp³-hybridized carbons (Fsp3) is 0.625. The molecule has 0 aliphatic rings. The molecule has 0 saturated heterocycles. The molecule has 0 fully saturated rings. The van der Waals surface area contributed by atoms with Crippen molar-refractivity contribution in [1.82, 2.24) is 4.67 Å². The van der Waals surface area contributed by atoms with Gasteiger partial charge in [0.2, 0.25) is 0 Å². The van der Waals surface area contributed by atoms with E-state index in [9.17, 15) is 4.79 Å². The summed E-state index contributed by atoms with van der Waals surface area (Å²) in [6, 6.07) is 0. The van der Waals surface area contributed by atoms with Gasteiger partial charge in [-0.3, -0.25) is 0 Å². The Morgan fingerprint density at radius 1 is 1.64 bits per heavy atom. The van der Waals surface area contributed by atoms with Crippen molar-refractivity contribution in [3.63, 3.8) is 0 Å². The Balaban J connectivity index is 3.80. The highest BCUT2D eigenvalue weighted by molar-refractivity contribution is 6.35. The van der Waals surface area contributed by atoms with Gasteiger partial charge in [0, 0.05) is 6.92 Å². The second kappa shape index (κ2) is 4.69. The molecule has 0 aromatic carbocycles. The lowest BCUT2D eigenvalue weighted by atomic mass is 10.2. The van der Waals surface area contributed by atoms with Gasteiger partial charge >= 0.3 is 11.7 Å². The van der Waals surface area contributed by atoms with E-state index < -0.39 is 0 Å². The molecule has 0 saturated carbocycles. The Labute approximate surface area is 66.8 Å². The van der Waals surface area contributed by atoms with Crippen molar-refractivity contribution in [1.29, 1.82) is 0 Å². The van der Waals surface area contributed by atoms with E-state index in [-0.39, 0.29) is 5.97 Å². The van der Waals surface area contributed by atoms with Crippen molar-refractivity contribution in [2.45, 2.75) is 20.8 Å². The topological polar surface area (TPSA) is 40.4 Å². The molecular weight excluding hydrogens is 142 g/mol. The number of ether oxygens (including phenoxy) is 1. The third kappa shape index (κ3) is 4.34. The van der Waals surface area contributed by atoms with Crippen molar-refractivity contribution in [2.24, 2.45) is 5.92 Å². The van der Waals surface area contributed by atoms with E-state index in [1.54, 1.807) is 6.92 Å². The first-order valence-corrected chi connectivity index (χ1v) is 3.55. The fourth-order valence-electron chi connectivity index (χ4n) is 0.411. The van der Waals surface area contributed by atoms with Crippen LogP contribution >= 0.6 is 0 Å². The molecule has 0 atom stereocenters. The number of esters is 1. The molecule has 0 rings (SSSR count). The molecule has 0 radical (unpaired) electrons. The SMILES string of the molecule is C=[N+]=C(C)C(=O)OCC(C)C. The predicted octanol–water partition coefficient (Wildman–Crippen LogP) is 0.414. The molecule has 11 heavy (non-hydrogen) atoms. The largest absolute Gasteiger partial charge is 0.457 e. The summed E-state index contributed by atoms with van der Waals surface area (Å²) in [5.41, 5.74) is 0.311. The Morgan fingerprint density at radius 2 is 2.18 bits per heavy atom. The standard InChI is InChI=1S/C8H14NO2/c1-6(2)5-11-8(10)7(3)9-4/h6H,4-5H2,1-3H3/q+1. The van der Waals surface area contributed by atoms with Gasteiger partial charge in [0.25, 0.3) is 6.72 Å². The Morgan fingerprint density at radius 3 is 2.55 bits per heavy atom. The molecular formula is C8H14NO2+. The van der Waals surface area contributed by atoms with Crippen molar-refractivity contribution in [3.8, 4) is 0 Å². The molecule has 0 aromatic heterocycles. The van der Waals surface area contributed by atoms with Gasteiger partial charge in [0.1, 0.15) is 0 Å². The zero-order valence-corrected chi connectivity index (χ0v) is 7.26. The summed E-state index contributed by atoms with van der Waals surface area (Å²) in [4.78, 5) is 10.9. The van der Waals surface area contributed by atoms with Gasteiger partial charge in [-0.15, -0.1) is 0 Å². The highest BCUT2D eigenvalue weighted by atomic mass is 16.5. The summed E-state index contributed by atoms with van der Waals surface area (Å²) in [5, 5.41) is 0. The third-order valence-corrected chi connectivity index (χ3v) is 1.08. The molecule has 0 bridgehead atoms. The van der Waals surface area contributed by atoms with Crippen LogP contribution in [0.15, 0.2) is 0 Å². The smallest absolute Gasteiger partial charge is 0.417 e. The highest BCUT2D eigenvalue weighted by Gasteiger charge is 2.15. The molecule has 0 heterocycles. The van der Waals surface area contributed by atoms with E-state index in [4.69, 9.17) is 4.74 Å². The summed E-state index contributed by atoms with van der Waals surface area (Å²) in [6.45, 7) is 9.19. The van der Waals surface area contributed by atoms with Gasteiger partial charge in [0.15, 0.2) is 0 Å². The van der Waals surface area contributed by atoms with E-state index in [0.717, 1.165) is 0 Å². The monoisotopic (exact) mass is 156 g/mol. The minimum atomic E-state index is -0.381. The Bertz CT molecular complexity index is 190. The second-order valence-electron chi connectivity index (χ2n) is 2.74. The number of hydrogen-bond acceptors (Lipinski definition) is 2. The lowest BCUT2D eigenvalue weighted by Crippen LogP contribution is -2.18. The summed E-state index contributed by atoms with van der Waals surface area (Å²) >= 11 is 0. The van der Waals surface area contributed by atoms with Crippen molar-refractivity contribution in [3.05, 3.63) is 0 Å². The lowest BCUT2D eigenvalue weighted by molar-refractivity contribution is -0.136. The maximum Gasteiger partial charge on any atom is 0.417 e. The average Bonchev–Trinajstić information content (AvgIpc) is 1.98. The first kappa shape index (κ1) is 9.92. The van der Waals surface area contributed by atoms with Crippen LogP contribution in [0.4, 0.5) is 0 Å². The fourth-order valence-corrected chi connectivity index (χ4v) is 0.411. The first-order valence-electron chi connectivity index (χ1n) is 3.55. The van der Waals surface area contributed by atoms with Crippen LogP contribution in [0.3, 0.4) is 0 Å². The summed E-state index contributed by atoms with van der Waals surface area (Å²) in [6.07, 6.45) is 0. The normalized spacial score (nSPS) is 9.09. The summed E-state index contributed by atoms with van der Waals surface area (Å²) in [7, 11) is 0. The molecule has 62 valence electrons. The van der Waals surface area contributed by atoms with Crippen LogP contribution in [0.25, 0.3) is 0 Å². The molecule has 0 amide bonds. The van der Waals surface area contributed by atoms with Gasteiger partial charge < -0.3 is 4.74 Å². The highest BCUT2D eigenvalue weighted by Crippen LogP contribution is 1.92. The minimum Gasteiger partial charge on any atom is -0.457 e. The van der Waals surface area contributed by atoms with Crippen LogP contribution < -0.4 is 4.67 Å². The first-order chi connectivity index (χ1) is 5.07. The van der Waals surface area contributed by atoms with Gasteiger partial charge in [-0.2, -0.15) is 0 Å². The molecule has 0 aliphatic carbocycles. The zero-order chi connectivity index (χ0) is 8.85. The van der Waals surface area contributed by atoms with Crippen LogP contribution in [-0.4, -0.2) is 25.0 Å². The zero-order valence-electron chi connectivity index (χ0n) is 7.26. The number of carbonyl (C=O) groups is 1. The van der Waals surface area contributed by atoms with Crippen LogP contribution in [0.5, 0.6) is 0 Å². The molecule has 0 spiro atoms. The average molecular weight is 156 g/mol. The van der Waals surface area contributed by atoms with E-state index in [0.29, 0.717) is 18.2 Å². The molecule has 0 N–H and O–H groups in total. The molecule has 0 aromatic rings. The minimum absolute atomic E-state index is 0.311. The van der Waals surface area contributed by atoms with Gasteiger partial charge in [-0.05, 0) is 5.92 Å². The van der Waals surface area contributed by atoms with E-state index in [2.05, 4.69) is 11.4 Å². The molecule has 3 nitrogen and oxygen atoms in total. The van der Waals surface area contributed by atoms with Gasteiger partial charge in [0.05, 0.1) is 6.61 Å². The van der Waals surface area contributed by atoms with Crippen LogP contribution in [-0.2, 0) is 9.53 Å². The van der Waals surface area contributed by atoms with Crippen LogP contribution in [0.2, 0.25) is 0 Å². The van der Waals surface area contributed by atoms with Crippen LogP contribution in [0.1, 0.15) is 20.8 Å². The maximum atomic E-state index is 10.9. The Kier molecular flexibility index (Phi) is 4.23. The van der Waals surface area contributed by atoms with E-state index in [1.807, 2.05) is 13.8 Å². The maximum absolute atomic E-state index is 10.9. The second-order valence-corrected chi connectivity index (χ2v) is 2.74. The lowest BCUT2D eigenvalue weighted by Gasteiger charge is -2.02. The summed E-state index contributed by atoms with van der Waals surface area (Å²) in [5.74, 6) is -0.0229. The summed E-state index contributed by atoms with van der Waals surface area (Å²) < 4.78 is 8.30. The predicted molar refractivity (Wildman–Crippen MR) is 45.7 cm³/mol. The van der Waals surface area contributed by atoms with Gasteiger partial charge in [-0.25, -0.2) is 4.79 Å². The number of nitrogens with zero attached hydrogens (tertiary/aromatic N) is 1. The molecule has 3 heteroatoms. The van der Waals surface area contributed by atoms with Crippen molar-refractivity contribution < 1.29 is 9.53 Å². The van der Waals surface area contributed by atoms with Crippen molar-refractivity contribution >= 4 is 18.4 Å². The number of rotatable bonds is 3. The quantitative estimate of drug-likeness (QED) is 0.337. The number of carbonyl (C=O) groups excluding carboxylic acids is 1. The van der Waals surface area contributed by atoms with E-state index in [1.165, 1.54) is 0 Å². The number of hydrogen-bond donors (Lipinski definition) is 0.